The Bertz CT molecular complexity index is 577. The summed E-state index contributed by atoms with van der Waals surface area (Å²) in [5.74, 6) is -0.00726. The molecule has 1 N–H and O–H groups in total. The van der Waals surface area contributed by atoms with Gasteiger partial charge in [-0.25, -0.2) is 0 Å². The van der Waals surface area contributed by atoms with Crippen LogP contribution in [0.15, 0.2) is 73.3 Å². The molecule has 0 spiro atoms. The summed E-state index contributed by atoms with van der Waals surface area (Å²) in [5.41, 5.74) is 2.05. The molecule has 0 saturated heterocycles. The van der Waals surface area contributed by atoms with Crippen molar-refractivity contribution in [1.29, 1.82) is 0 Å². The van der Waals surface area contributed by atoms with E-state index < -0.39 is 0 Å². The summed E-state index contributed by atoms with van der Waals surface area (Å²) in [6, 6.07) is 19.9. The maximum atomic E-state index is 12.2. The number of nitrogens with one attached hydrogen (secondary N) is 1. The van der Waals surface area contributed by atoms with Gasteiger partial charge in [0.05, 0.1) is 0 Å². The van der Waals surface area contributed by atoms with Crippen LogP contribution in [0.1, 0.15) is 35.2 Å². The smallest absolute Gasteiger partial charge is 0.251 e. The van der Waals surface area contributed by atoms with Crippen molar-refractivity contribution in [2.45, 2.75) is 31.7 Å². The third kappa shape index (κ3) is 5.21. The summed E-state index contributed by atoms with van der Waals surface area (Å²) < 4.78 is 0. The van der Waals surface area contributed by atoms with Gasteiger partial charge in [-0.3, -0.25) is 4.79 Å². The van der Waals surface area contributed by atoms with Crippen molar-refractivity contribution < 1.29 is 4.79 Å². The lowest BCUT2D eigenvalue weighted by atomic mass is 10.0. The van der Waals surface area contributed by atoms with Gasteiger partial charge in [0.1, 0.15) is 0 Å². The predicted molar refractivity (Wildman–Crippen MR) is 91.9 cm³/mol. The number of amides is 1. The molecule has 0 bridgehead atoms. The van der Waals surface area contributed by atoms with Crippen LogP contribution in [0.2, 0.25) is 0 Å². The molecule has 2 rings (SSSR count). The van der Waals surface area contributed by atoms with Crippen molar-refractivity contribution in [3.05, 3.63) is 84.4 Å². The number of aryl methyl sites for hydroxylation is 1. The minimum absolute atomic E-state index is 0.00726. The van der Waals surface area contributed by atoms with E-state index in [1.54, 1.807) is 0 Å². The van der Waals surface area contributed by atoms with Gasteiger partial charge in [0.2, 0.25) is 0 Å². The average molecular weight is 293 g/mol. The molecule has 2 aromatic rings. The first-order valence-electron chi connectivity index (χ1n) is 7.80. The van der Waals surface area contributed by atoms with E-state index in [-0.39, 0.29) is 11.9 Å². The number of hydrogen-bond acceptors (Lipinski definition) is 1. The van der Waals surface area contributed by atoms with Crippen molar-refractivity contribution in [3.63, 3.8) is 0 Å². The summed E-state index contributed by atoms with van der Waals surface area (Å²) in [4.78, 5) is 12.2. The first-order chi connectivity index (χ1) is 10.8. The van der Waals surface area contributed by atoms with Crippen LogP contribution in [-0.2, 0) is 6.42 Å². The Morgan fingerprint density at radius 1 is 1.05 bits per heavy atom. The molecule has 0 aliphatic carbocycles. The lowest BCUT2D eigenvalue weighted by molar-refractivity contribution is 0.0935. The monoisotopic (exact) mass is 293 g/mol. The van der Waals surface area contributed by atoms with Crippen molar-refractivity contribution in [3.8, 4) is 0 Å². The second kappa shape index (κ2) is 8.83. The molecule has 0 radical (unpaired) electrons. The third-order valence-electron chi connectivity index (χ3n) is 3.68. The third-order valence-corrected chi connectivity index (χ3v) is 3.68. The van der Waals surface area contributed by atoms with Crippen molar-refractivity contribution >= 4 is 5.91 Å². The van der Waals surface area contributed by atoms with E-state index >= 15 is 0 Å². The van der Waals surface area contributed by atoms with E-state index in [4.69, 9.17) is 0 Å². The normalized spacial score (nSPS) is 11.6. The summed E-state index contributed by atoms with van der Waals surface area (Å²) in [6.07, 6.45) is 5.72. The Hall–Kier alpha value is -2.35. The van der Waals surface area contributed by atoms with Gasteiger partial charge in [-0.2, -0.15) is 0 Å². The molecule has 114 valence electrons. The Morgan fingerprint density at radius 2 is 1.68 bits per heavy atom. The SMILES string of the molecule is C=CCC(CCCc1ccccc1)NC(=O)c1ccccc1. The van der Waals surface area contributed by atoms with Crippen molar-refractivity contribution in [1.82, 2.24) is 5.32 Å². The van der Waals surface area contributed by atoms with Crippen LogP contribution in [0.25, 0.3) is 0 Å². The topological polar surface area (TPSA) is 29.1 Å². The molecule has 0 aliphatic rings. The van der Waals surface area contributed by atoms with Crippen LogP contribution in [0.3, 0.4) is 0 Å². The molecule has 22 heavy (non-hydrogen) atoms. The Morgan fingerprint density at radius 3 is 2.32 bits per heavy atom. The van der Waals surface area contributed by atoms with Crippen LogP contribution >= 0.6 is 0 Å². The molecule has 1 atom stereocenters. The fraction of sp³-hybridized carbons (Fsp3) is 0.250. The van der Waals surface area contributed by atoms with E-state index in [0.717, 1.165) is 25.7 Å². The molecule has 2 heteroatoms. The average Bonchev–Trinajstić information content (AvgIpc) is 2.57. The second-order valence-corrected chi connectivity index (χ2v) is 5.44. The lowest BCUT2D eigenvalue weighted by Crippen LogP contribution is -2.34. The maximum Gasteiger partial charge on any atom is 0.251 e. The van der Waals surface area contributed by atoms with Gasteiger partial charge in [-0.15, -0.1) is 6.58 Å². The molecule has 1 unspecified atom stereocenters. The summed E-state index contributed by atoms with van der Waals surface area (Å²) in [7, 11) is 0. The van der Waals surface area contributed by atoms with Gasteiger partial charge < -0.3 is 5.32 Å². The summed E-state index contributed by atoms with van der Waals surface area (Å²) in [6.45, 7) is 3.80. The van der Waals surface area contributed by atoms with Gasteiger partial charge in [-0.1, -0.05) is 54.6 Å². The van der Waals surface area contributed by atoms with Crippen LogP contribution in [0, 0.1) is 0 Å². The standard InChI is InChI=1S/C20H23NO/c1-2-10-19(16-9-13-17-11-5-3-6-12-17)21-20(22)18-14-7-4-8-15-18/h2-8,11-12,14-15,19H,1,9-10,13,16H2,(H,21,22). The van der Waals surface area contributed by atoms with E-state index in [2.05, 4.69) is 36.2 Å². The molecule has 0 saturated carbocycles. The van der Waals surface area contributed by atoms with Crippen LogP contribution in [-0.4, -0.2) is 11.9 Å². The summed E-state index contributed by atoms with van der Waals surface area (Å²) in [5, 5.41) is 3.11. The zero-order valence-corrected chi connectivity index (χ0v) is 12.9. The first kappa shape index (κ1) is 16.0. The number of carbonyl (C=O) groups excluding carboxylic acids is 1. The summed E-state index contributed by atoms with van der Waals surface area (Å²) >= 11 is 0. The number of rotatable bonds is 8. The fourth-order valence-electron chi connectivity index (χ4n) is 2.51. The molecule has 0 aliphatic heterocycles. The second-order valence-electron chi connectivity index (χ2n) is 5.44. The number of hydrogen-bond donors (Lipinski definition) is 1. The molecule has 1 amide bonds. The quantitative estimate of drug-likeness (QED) is 0.719. The van der Waals surface area contributed by atoms with E-state index in [0.29, 0.717) is 5.56 Å². The molecule has 2 aromatic carbocycles. The molecule has 0 fully saturated rings. The van der Waals surface area contributed by atoms with Gasteiger partial charge in [0.25, 0.3) is 5.91 Å². The van der Waals surface area contributed by atoms with E-state index in [9.17, 15) is 4.79 Å². The zero-order chi connectivity index (χ0) is 15.6. The Balaban J connectivity index is 1.84. The van der Waals surface area contributed by atoms with Gasteiger partial charge in [0, 0.05) is 11.6 Å². The minimum Gasteiger partial charge on any atom is -0.349 e. The van der Waals surface area contributed by atoms with E-state index in [1.807, 2.05) is 42.5 Å². The predicted octanol–water partition coefficient (Wildman–Crippen LogP) is 4.38. The highest BCUT2D eigenvalue weighted by Gasteiger charge is 2.12. The van der Waals surface area contributed by atoms with Gasteiger partial charge >= 0.3 is 0 Å². The lowest BCUT2D eigenvalue weighted by Gasteiger charge is -2.17. The molecular weight excluding hydrogens is 270 g/mol. The zero-order valence-electron chi connectivity index (χ0n) is 12.9. The van der Waals surface area contributed by atoms with Crippen LogP contribution in [0.4, 0.5) is 0 Å². The van der Waals surface area contributed by atoms with Crippen LogP contribution < -0.4 is 5.32 Å². The maximum absolute atomic E-state index is 12.2. The molecule has 0 aromatic heterocycles. The highest BCUT2D eigenvalue weighted by molar-refractivity contribution is 5.94. The van der Waals surface area contributed by atoms with Crippen LogP contribution in [0.5, 0.6) is 0 Å². The molecular formula is C20H23NO. The minimum atomic E-state index is -0.00726. The van der Waals surface area contributed by atoms with E-state index in [1.165, 1.54) is 5.56 Å². The van der Waals surface area contributed by atoms with Gasteiger partial charge in [-0.05, 0) is 43.4 Å². The fourth-order valence-corrected chi connectivity index (χ4v) is 2.51. The largest absolute Gasteiger partial charge is 0.349 e. The Kier molecular flexibility index (Phi) is 6.43. The highest BCUT2D eigenvalue weighted by Crippen LogP contribution is 2.10. The number of carbonyl (C=O) groups is 1. The molecule has 0 heterocycles. The highest BCUT2D eigenvalue weighted by atomic mass is 16.1. The number of benzene rings is 2. The Labute approximate surface area is 132 Å². The van der Waals surface area contributed by atoms with Crippen molar-refractivity contribution in [2.24, 2.45) is 0 Å². The molecule has 2 nitrogen and oxygen atoms in total. The van der Waals surface area contributed by atoms with Crippen molar-refractivity contribution in [2.75, 3.05) is 0 Å². The van der Waals surface area contributed by atoms with Gasteiger partial charge in [0.15, 0.2) is 0 Å². The first-order valence-corrected chi connectivity index (χ1v) is 7.80.